The fraction of sp³-hybridized carbons (Fsp3) is 0.308. The Morgan fingerprint density at radius 2 is 1.30 bits per heavy atom. The van der Waals surface area contributed by atoms with Crippen molar-refractivity contribution in [3.63, 3.8) is 0 Å². The maximum absolute atomic E-state index is 13.7. The summed E-state index contributed by atoms with van der Waals surface area (Å²) in [6, 6.07) is 32.9. The zero-order valence-corrected chi connectivity index (χ0v) is 27.3. The first-order valence-electron chi connectivity index (χ1n) is 16.3. The Bertz CT molecular complexity index is 1790. The molecule has 0 aliphatic carbocycles. The third-order valence-corrected chi connectivity index (χ3v) is 8.76. The molecule has 1 N–H and O–H groups in total. The summed E-state index contributed by atoms with van der Waals surface area (Å²) in [7, 11) is 2.16. The van der Waals surface area contributed by atoms with Gasteiger partial charge < -0.3 is 24.3 Å². The summed E-state index contributed by atoms with van der Waals surface area (Å²) in [5, 5.41) is 0. The van der Waals surface area contributed by atoms with E-state index < -0.39 is 0 Å². The number of rotatable bonds is 11. The van der Waals surface area contributed by atoms with Crippen molar-refractivity contribution in [3.8, 4) is 28.4 Å². The van der Waals surface area contributed by atoms with Gasteiger partial charge in [-0.15, -0.1) is 0 Å². The summed E-state index contributed by atoms with van der Waals surface area (Å²) in [5.41, 5.74) is 7.60. The second kappa shape index (κ2) is 14.1. The van der Waals surface area contributed by atoms with Crippen LogP contribution in [0.3, 0.4) is 0 Å². The molecule has 0 bridgehead atoms. The summed E-state index contributed by atoms with van der Waals surface area (Å²) in [5.74, 6) is 1.64. The number of aryl methyl sites for hydroxylation is 1. The lowest BCUT2D eigenvalue weighted by Gasteiger charge is -2.34. The highest BCUT2D eigenvalue weighted by atomic mass is 16.5. The van der Waals surface area contributed by atoms with Gasteiger partial charge in [0.25, 0.3) is 0 Å². The van der Waals surface area contributed by atoms with E-state index in [1.54, 1.807) is 4.57 Å². The third-order valence-electron chi connectivity index (χ3n) is 8.76. The Morgan fingerprint density at radius 3 is 1.87 bits per heavy atom. The van der Waals surface area contributed by atoms with E-state index in [2.05, 4.69) is 97.2 Å². The number of imidazole rings is 1. The van der Waals surface area contributed by atoms with Crippen molar-refractivity contribution in [3.05, 3.63) is 130 Å². The molecule has 1 aromatic heterocycles. The van der Waals surface area contributed by atoms with Crippen LogP contribution in [0.5, 0.6) is 11.5 Å². The quantitative estimate of drug-likeness (QED) is 0.167. The van der Waals surface area contributed by atoms with Gasteiger partial charge in [0.15, 0.2) is 0 Å². The van der Waals surface area contributed by atoms with Crippen molar-refractivity contribution in [1.29, 1.82) is 0 Å². The maximum atomic E-state index is 13.7. The number of nitrogens with one attached hydrogen (secondary N) is 1. The lowest BCUT2D eigenvalue weighted by molar-refractivity contribution is 0.288. The van der Waals surface area contributed by atoms with Gasteiger partial charge in [0.05, 0.1) is 11.4 Å². The standard InChI is InChI=1S/C39H44N4O3/c1-5-35-38(43(39(44)40-35)32-18-16-31(17-19-32)42-22-20-41(4)21-23-42)34-24-33(28(2)3)36(45-26-29-12-8-6-9-13-29)25-37(34)46-27-30-14-10-7-11-15-30/h6-19,24-25,28H,5,20-23,26-27H2,1-4H3,(H,40,44). The van der Waals surface area contributed by atoms with Crippen LogP contribution in [0.2, 0.25) is 0 Å². The first-order valence-corrected chi connectivity index (χ1v) is 16.3. The SMILES string of the molecule is CCc1[nH]c(=O)n(-c2ccc(N3CCN(C)CC3)cc2)c1-c1cc(C(C)C)c(OCc2ccccc2)cc1OCc1ccccc1. The number of anilines is 1. The average molecular weight is 617 g/mol. The minimum absolute atomic E-state index is 0.163. The van der Waals surface area contributed by atoms with Crippen LogP contribution in [-0.2, 0) is 19.6 Å². The van der Waals surface area contributed by atoms with Crippen LogP contribution in [0.15, 0.2) is 102 Å². The summed E-state index contributed by atoms with van der Waals surface area (Å²) in [6.45, 7) is 11.3. The molecule has 7 nitrogen and oxygen atoms in total. The molecule has 7 heteroatoms. The summed E-state index contributed by atoms with van der Waals surface area (Å²) in [4.78, 5) is 21.6. The van der Waals surface area contributed by atoms with Crippen molar-refractivity contribution in [2.45, 2.75) is 46.3 Å². The molecule has 1 saturated heterocycles. The van der Waals surface area contributed by atoms with Gasteiger partial charge >= 0.3 is 5.69 Å². The molecule has 46 heavy (non-hydrogen) atoms. The van der Waals surface area contributed by atoms with Crippen LogP contribution in [0.4, 0.5) is 5.69 Å². The number of aromatic amines is 1. The molecule has 0 amide bonds. The van der Waals surface area contributed by atoms with Crippen molar-refractivity contribution < 1.29 is 9.47 Å². The second-order valence-corrected chi connectivity index (χ2v) is 12.3. The molecule has 1 fully saturated rings. The molecule has 0 radical (unpaired) electrons. The van der Waals surface area contributed by atoms with Crippen LogP contribution in [0.25, 0.3) is 16.9 Å². The lowest BCUT2D eigenvalue weighted by Crippen LogP contribution is -2.44. The normalized spacial score (nSPS) is 13.7. The number of likely N-dealkylation sites (N-methyl/N-ethyl adjacent to an activating group) is 1. The average Bonchev–Trinajstić information content (AvgIpc) is 3.43. The number of nitrogens with zero attached hydrogens (tertiary/aromatic N) is 3. The Balaban J connectivity index is 1.44. The van der Waals surface area contributed by atoms with Crippen LogP contribution in [-0.4, -0.2) is 47.7 Å². The van der Waals surface area contributed by atoms with Gasteiger partial charge in [0.1, 0.15) is 24.7 Å². The Hall–Kier alpha value is -4.75. The van der Waals surface area contributed by atoms with Crippen LogP contribution in [0, 0.1) is 0 Å². The van der Waals surface area contributed by atoms with E-state index in [9.17, 15) is 4.79 Å². The van der Waals surface area contributed by atoms with E-state index in [0.717, 1.165) is 71.3 Å². The fourth-order valence-corrected chi connectivity index (χ4v) is 6.07. The number of ether oxygens (including phenoxy) is 2. The van der Waals surface area contributed by atoms with Gasteiger partial charge in [-0.2, -0.15) is 0 Å². The number of benzene rings is 4. The van der Waals surface area contributed by atoms with E-state index in [1.807, 2.05) is 42.5 Å². The van der Waals surface area contributed by atoms with Gasteiger partial charge in [0, 0.05) is 49.2 Å². The van der Waals surface area contributed by atoms with Gasteiger partial charge in [-0.3, -0.25) is 4.57 Å². The van der Waals surface area contributed by atoms with E-state index in [0.29, 0.717) is 25.4 Å². The zero-order chi connectivity index (χ0) is 32.0. The highest BCUT2D eigenvalue weighted by Gasteiger charge is 2.24. The van der Waals surface area contributed by atoms with Gasteiger partial charge in [-0.25, -0.2) is 4.79 Å². The summed E-state index contributed by atoms with van der Waals surface area (Å²) >= 11 is 0. The fourth-order valence-electron chi connectivity index (χ4n) is 6.07. The minimum Gasteiger partial charge on any atom is -0.488 e. The molecule has 6 rings (SSSR count). The second-order valence-electron chi connectivity index (χ2n) is 12.3. The van der Waals surface area contributed by atoms with Crippen molar-refractivity contribution in [1.82, 2.24) is 14.5 Å². The largest absolute Gasteiger partial charge is 0.488 e. The van der Waals surface area contributed by atoms with Crippen molar-refractivity contribution in [2.24, 2.45) is 0 Å². The minimum atomic E-state index is -0.163. The molecule has 4 aromatic carbocycles. The van der Waals surface area contributed by atoms with Crippen LogP contribution >= 0.6 is 0 Å². The maximum Gasteiger partial charge on any atom is 0.330 e. The summed E-state index contributed by atoms with van der Waals surface area (Å²) in [6.07, 6.45) is 0.665. The molecule has 5 aromatic rings. The molecule has 0 saturated carbocycles. The van der Waals surface area contributed by atoms with Gasteiger partial charge in [0.2, 0.25) is 0 Å². The molecular weight excluding hydrogens is 572 g/mol. The lowest BCUT2D eigenvalue weighted by atomic mass is 9.96. The first-order chi connectivity index (χ1) is 22.4. The van der Waals surface area contributed by atoms with E-state index in [4.69, 9.17) is 9.47 Å². The molecule has 238 valence electrons. The van der Waals surface area contributed by atoms with Crippen LogP contribution in [0.1, 0.15) is 49.1 Å². The van der Waals surface area contributed by atoms with E-state index in [1.165, 1.54) is 5.69 Å². The third kappa shape index (κ3) is 6.90. The molecule has 1 aliphatic heterocycles. The van der Waals surface area contributed by atoms with E-state index in [-0.39, 0.29) is 11.6 Å². The summed E-state index contributed by atoms with van der Waals surface area (Å²) < 4.78 is 14.8. The predicted molar refractivity (Wildman–Crippen MR) is 187 cm³/mol. The first kappa shape index (κ1) is 31.2. The number of hydrogen-bond donors (Lipinski definition) is 1. The molecule has 0 unspecified atom stereocenters. The molecular formula is C39H44N4O3. The predicted octanol–water partition coefficient (Wildman–Crippen LogP) is 7.43. The number of aromatic nitrogens is 2. The highest BCUT2D eigenvalue weighted by molar-refractivity contribution is 5.74. The van der Waals surface area contributed by atoms with Crippen molar-refractivity contribution >= 4 is 5.69 Å². The Kier molecular flexibility index (Phi) is 9.60. The zero-order valence-electron chi connectivity index (χ0n) is 27.3. The Morgan fingerprint density at radius 1 is 0.739 bits per heavy atom. The number of H-pyrrole nitrogens is 1. The van der Waals surface area contributed by atoms with Gasteiger partial charge in [-0.1, -0.05) is 81.4 Å². The van der Waals surface area contributed by atoms with E-state index >= 15 is 0 Å². The van der Waals surface area contributed by atoms with Gasteiger partial charge in [-0.05, 0) is 66.4 Å². The smallest absolute Gasteiger partial charge is 0.330 e. The topological polar surface area (TPSA) is 62.7 Å². The number of piperazine rings is 1. The molecule has 1 aliphatic rings. The Labute approximate surface area is 272 Å². The van der Waals surface area contributed by atoms with Crippen molar-refractivity contribution in [2.75, 3.05) is 38.1 Å². The monoisotopic (exact) mass is 616 g/mol. The molecule has 0 atom stereocenters. The highest BCUT2D eigenvalue weighted by Crippen LogP contribution is 2.41. The molecule has 0 spiro atoms. The number of hydrogen-bond acceptors (Lipinski definition) is 5. The van der Waals surface area contributed by atoms with Crippen LogP contribution < -0.4 is 20.1 Å². The molecule has 2 heterocycles.